The quantitative estimate of drug-likeness (QED) is 0.510. The van der Waals surface area contributed by atoms with E-state index in [9.17, 15) is 14.4 Å². The molecule has 1 saturated heterocycles. The standard InChI is InChI=1S/C19H35N3O5/c1-14(2)17-19(25)21(3)12-10-8-6-4-5-7-9-11-15(18(24)20-17)13-16(23)22(26)27/h14-15,17,26-27H,4-13H2,1-3H3,(H,20,24)/t15-,17+/m1/s1. The van der Waals surface area contributed by atoms with E-state index in [1.54, 1.807) is 11.9 Å². The number of hydrogen-bond acceptors (Lipinski definition) is 5. The Hall–Kier alpha value is -1.67. The molecule has 0 aliphatic carbocycles. The molecule has 0 aromatic heterocycles. The minimum absolute atomic E-state index is 0.0943. The molecule has 0 saturated carbocycles. The van der Waals surface area contributed by atoms with Gasteiger partial charge in [-0.1, -0.05) is 57.6 Å². The van der Waals surface area contributed by atoms with Crippen molar-refractivity contribution in [3.8, 4) is 0 Å². The van der Waals surface area contributed by atoms with Crippen LogP contribution in [0.25, 0.3) is 0 Å². The molecule has 1 fully saturated rings. The number of rotatable bonds is 3. The minimum Gasteiger partial charge on any atom is -0.344 e. The fraction of sp³-hybridized carbons (Fsp3) is 0.842. The lowest BCUT2D eigenvalue weighted by atomic mass is 9.94. The van der Waals surface area contributed by atoms with Crippen molar-refractivity contribution in [1.29, 1.82) is 0 Å². The predicted octanol–water partition coefficient (Wildman–Crippen LogP) is 2.33. The van der Waals surface area contributed by atoms with Crippen LogP contribution in [0.15, 0.2) is 0 Å². The molecule has 3 amide bonds. The van der Waals surface area contributed by atoms with E-state index >= 15 is 0 Å². The summed E-state index contributed by atoms with van der Waals surface area (Å²) in [5.41, 5.74) is 0. The maximum atomic E-state index is 12.8. The SMILES string of the molecule is CC(C)[C@@H]1NC(=O)[C@@H](CC(=O)N(O)O)CCCCCCCCCN(C)C1=O. The van der Waals surface area contributed by atoms with Crippen molar-refractivity contribution in [2.75, 3.05) is 13.6 Å². The van der Waals surface area contributed by atoms with Crippen LogP contribution in [0.2, 0.25) is 0 Å². The molecule has 0 aromatic carbocycles. The molecule has 0 spiro atoms. The summed E-state index contributed by atoms with van der Waals surface area (Å²) in [4.78, 5) is 38.9. The summed E-state index contributed by atoms with van der Waals surface area (Å²) >= 11 is 0. The van der Waals surface area contributed by atoms with E-state index in [1.807, 2.05) is 13.8 Å². The first-order valence-electron chi connectivity index (χ1n) is 10.00. The number of carbonyl (C=O) groups excluding carboxylic acids is 3. The summed E-state index contributed by atoms with van der Waals surface area (Å²) in [5.74, 6) is -2.24. The maximum Gasteiger partial charge on any atom is 0.273 e. The Bertz CT molecular complexity index is 496. The lowest BCUT2D eigenvalue weighted by molar-refractivity contribution is -0.285. The molecule has 8 heteroatoms. The van der Waals surface area contributed by atoms with Gasteiger partial charge in [0, 0.05) is 25.9 Å². The minimum atomic E-state index is -0.933. The second kappa shape index (κ2) is 11.9. The molecule has 1 aliphatic rings. The largest absolute Gasteiger partial charge is 0.344 e. The number of hydroxylamine groups is 2. The van der Waals surface area contributed by atoms with Gasteiger partial charge in [-0.25, -0.2) is 0 Å². The van der Waals surface area contributed by atoms with Gasteiger partial charge in [-0.05, 0) is 18.8 Å². The Kier molecular flexibility index (Phi) is 10.3. The molecule has 156 valence electrons. The average Bonchev–Trinajstić information content (AvgIpc) is 2.61. The lowest BCUT2D eigenvalue weighted by Gasteiger charge is -2.28. The van der Waals surface area contributed by atoms with Gasteiger partial charge in [0.05, 0.1) is 0 Å². The van der Waals surface area contributed by atoms with Crippen LogP contribution in [0, 0.1) is 11.8 Å². The van der Waals surface area contributed by atoms with Crippen LogP contribution in [0.3, 0.4) is 0 Å². The number of amides is 3. The molecule has 3 N–H and O–H groups in total. The zero-order chi connectivity index (χ0) is 20.4. The van der Waals surface area contributed by atoms with Gasteiger partial charge in [-0.2, -0.15) is 0 Å². The zero-order valence-electron chi connectivity index (χ0n) is 16.8. The number of nitrogens with one attached hydrogen (secondary N) is 1. The van der Waals surface area contributed by atoms with Crippen molar-refractivity contribution in [1.82, 2.24) is 15.4 Å². The van der Waals surface area contributed by atoms with E-state index in [-0.39, 0.29) is 24.2 Å². The second-order valence-electron chi connectivity index (χ2n) is 7.84. The number of likely N-dealkylation sites (N-methyl/N-ethyl adjacent to an activating group) is 1. The molecule has 8 nitrogen and oxygen atoms in total. The van der Waals surface area contributed by atoms with Gasteiger partial charge in [-0.15, -0.1) is 0 Å². The van der Waals surface area contributed by atoms with Crippen molar-refractivity contribution >= 4 is 17.7 Å². The molecule has 1 aliphatic heterocycles. The highest BCUT2D eigenvalue weighted by Crippen LogP contribution is 2.19. The summed E-state index contributed by atoms with van der Waals surface area (Å²) < 4.78 is 0. The van der Waals surface area contributed by atoms with Crippen LogP contribution in [-0.2, 0) is 14.4 Å². The lowest BCUT2D eigenvalue weighted by Crippen LogP contribution is -2.52. The fourth-order valence-corrected chi connectivity index (χ4v) is 3.37. The van der Waals surface area contributed by atoms with Gasteiger partial charge in [0.1, 0.15) is 6.04 Å². The first-order chi connectivity index (χ1) is 12.7. The van der Waals surface area contributed by atoms with E-state index in [2.05, 4.69) is 5.32 Å². The average molecular weight is 386 g/mol. The Labute approximate surface area is 161 Å². The zero-order valence-corrected chi connectivity index (χ0v) is 16.8. The third-order valence-corrected chi connectivity index (χ3v) is 5.17. The van der Waals surface area contributed by atoms with Crippen LogP contribution >= 0.6 is 0 Å². The highest BCUT2D eigenvalue weighted by molar-refractivity contribution is 5.90. The summed E-state index contributed by atoms with van der Waals surface area (Å²) in [7, 11) is 1.75. The van der Waals surface area contributed by atoms with Gasteiger partial charge in [0.25, 0.3) is 5.91 Å². The monoisotopic (exact) mass is 385 g/mol. The van der Waals surface area contributed by atoms with E-state index in [1.165, 1.54) is 0 Å². The summed E-state index contributed by atoms with van der Waals surface area (Å²) in [6, 6.07) is -0.662. The first kappa shape index (κ1) is 23.4. The smallest absolute Gasteiger partial charge is 0.273 e. The number of nitrogens with zero attached hydrogens (tertiary/aromatic N) is 2. The van der Waals surface area contributed by atoms with Gasteiger partial charge >= 0.3 is 0 Å². The molecular formula is C19H35N3O5. The van der Waals surface area contributed by atoms with E-state index in [4.69, 9.17) is 10.4 Å². The maximum absolute atomic E-state index is 12.8. The van der Waals surface area contributed by atoms with Gasteiger partial charge in [0.2, 0.25) is 11.8 Å². The fourth-order valence-electron chi connectivity index (χ4n) is 3.37. The summed E-state index contributed by atoms with van der Waals surface area (Å²) in [6.07, 6.45) is 7.25. The Morgan fingerprint density at radius 2 is 1.67 bits per heavy atom. The van der Waals surface area contributed by atoms with Crippen molar-refractivity contribution in [3.05, 3.63) is 0 Å². The van der Waals surface area contributed by atoms with Crippen LogP contribution in [-0.4, -0.2) is 57.9 Å². The molecule has 0 aromatic rings. The van der Waals surface area contributed by atoms with Crippen LogP contribution in [0.1, 0.15) is 71.6 Å². The second-order valence-corrected chi connectivity index (χ2v) is 7.84. The van der Waals surface area contributed by atoms with Gasteiger partial charge < -0.3 is 10.2 Å². The number of carbonyl (C=O) groups is 3. The molecule has 0 radical (unpaired) electrons. The number of hydrogen-bond donors (Lipinski definition) is 3. The Morgan fingerprint density at radius 3 is 2.22 bits per heavy atom. The molecule has 0 unspecified atom stereocenters. The van der Waals surface area contributed by atoms with Crippen molar-refractivity contribution in [2.45, 2.75) is 77.7 Å². The highest BCUT2D eigenvalue weighted by atomic mass is 16.8. The molecule has 1 rings (SSSR count). The van der Waals surface area contributed by atoms with Crippen LogP contribution < -0.4 is 5.32 Å². The molecule has 27 heavy (non-hydrogen) atoms. The molecule has 0 bridgehead atoms. The predicted molar refractivity (Wildman–Crippen MR) is 99.9 cm³/mol. The summed E-state index contributed by atoms with van der Waals surface area (Å²) in [6.45, 7) is 4.40. The van der Waals surface area contributed by atoms with Gasteiger partial charge in [-0.3, -0.25) is 24.8 Å². The molecule has 2 atom stereocenters. The van der Waals surface area contributed by atoms with E-state index in [0.717, 1.165) is 44.9 Å². The third-order valence-electron chi connectivity index (χ3n) is 5.17. The van der Waals surface area contributed by atoms with Crippen molar-refractivity contribution in [2.24, 2.45) is 11.8 Å². The molecule has 1 heterocycles. The topological polar surface area (TPSA) is 110 Å². The Morgan fingerprint density at radius 1 is 1.11 bits per heavy atom. The first-order valence-corrected chi connectivity index (χ1v) is 10.00. The normalized spacial score (nSPS) is 24.1. The van der Waals surface area contributed by atoms with Crippen molar-refractivity contribution < 1.29 is 24.8 Å². The van der Waals surface area contributed by atoms with E-state index < -0.39 is 23.1 Å². The van der Waals surface area contributed by atoms with Crippen LogP contribution in [0.5, 0.6) is 0 Å². The van der Waals surface area contributed by atoms with Gasteiger partial charge in [0.15, 0.2) is 0 Å². The Balaban J connectivity index is 2.93. The van der Waals surface area contributed by atoms with Crippen LogP contribution in [0.4, 0.5) is 0 Å². The summed E-state index contributed by atoms with van der Waals surface area (Å²) in [5, 5.41) is 20.1. The highest BCUT2D eigenvalue weighted by Gasteiger charge is 2.31. The molecular weight excluding hydrogens is 350 g/mol. The van der Waals surface area contributed by atoms with Crippen molar-refractivity contribution in [3.63, 3.8) is 0 Å². The van der Waals surface area contributed by atoms with E-state index in [0.29, 0.717) is 13.0 Å². The third kappa shape index (κ3) is 8.26.